The molecule has 0 radical (unpaired) electrons. The molecule has 8 heteroatoms. The zero-order valence-corrected chi connectivity index (χ0v) is 18.1. The highest BCUT2D eigenvalue weighted by atomic mass is 32.1. The second-order valence-corrected chi connectivity index (χ2v) is 7.64. The molecule has 0 unspecified atom stereocenters. The molecule has 0 fully saturated rings. The van der Waals surface area contributed by atoms with E-state index in [9.17, 15) is 14.4 Å². The molecule has 1 aromatic carbocycles. The van der Waals surface area contributed by atoms with Crippen molar-refractivity contribution in [1.29, 1.82) is 0 Å². The zero-order chi connectivity index (χ0) is 22.4. The first-order valence-electron chi connectivity index (χ1n) is 9.36. The topological polar surface area (TPSA) is 94.8 Å². The molecule has 0 aliphatic rings. The highest BCUT2D eigenvalue weighted by Crippen LogP contribution is 2.36. The normalized spacial score (nSPS) is 10.3. The van der Waals surface area contributed by atoms with Gasteiger partial charge in [-0.25, -0.2) is 9.59 Å². The van der Waals surface area contributed by atoms with Gasteiger partial charge in [-0.3, -0.25) is 4.79 Å². The van der Waals surface area contributed by atoms with Crippen LogP contribution in [-0.2, 0) is 20.9 Å². The van der Waals surface area contributed by atoms with Gasteiger partial charge in [0.1, 0.15) is 22.9 Å². The zero-order valence-electron chi connectivity index (χ0n) is 17.3. The summed E-state index contributed by atoms with van der Waals surface area (Å²) >= 11 is 1.24. The molecule has 0 bridgehead atoms. The number of furan rings is 1. The molecule has 0 saturated heterocycles. The number of thiophene rings is 1. The Morgan fingerprint density at radius 2 is 1.81 bits per heavy atom. The van der Waals surface area contributed by atoms with E-state index in [2.05, 4.69) is 10.1 Å². The Morgan fingerprint density at radius 1 is 1.06 bits per heavy atom. The van der Waals surface area contributed by atoms with E-state index in [0.29, 0.717) is 16.3 Å². The summed E-state index contributed by atoms with van der Waals surface area (Å²) in [5, 5.41) is 4.94. The Kier molecular flexibility index (Phi) is 7.04. The SMILES string of the molecule is COC(=O)c1ccc(COC(=O)c2c(-c3ccccc3)csc2NC(=O)C=C(C)C)o1. The Balaban J connectivity index is 1.86. The van der Waals surface area contributed by atoms with Crippen molar-refractivity contribution in [2.24, 2.45) is 0 Å². The molecule has 1 N–H and O–H groups in total. The number of nitrogens with one attached hydrogen (secondary N) is 1. The maximum atomic E-state index is 13.0. The van der Waals surface area contributed by atoms with Crippen LogP contribution in [0.5, 0.6) is 0 Å². The number of methoxy groups -OCH3 is 1. The lowest BCUT2D eigenvalue weighted by atomic mass is 10.0. The average Bonchev–Trinajstić information content (AvgIpc) is 3.39. The van der Waals surface area contributed by atoms with E-state index >= 15 is 0 Å². The Morgan fingerprint density at radius 3 is 2.48 bits per heavy atom. The fourth-order valence-corrected chi connectivity index (χ4v) is 3.73. The summed E-state index contributed by atoms with van der Waals surface area (Å²) in [4.78, 5) is 36.7. The Bertz CT molecular complexity index is 1120. The van der Waals surface area contributed by atoms with Crippen LogP contribution in [0.3, 0.4) is 0 Å². The number of carbonyl (C=O) groups is 3. The minimum absolute atomic E-state index is 0.0173. The highest BCUT2D eigenvalue weighted by Gasteiger charge is 2.23. The van der Waals surface area contributed by atoms with Gasteiger partial charge < -0.3 is 19.2 Å². The van der Waals surface area contributed by atoms with E-state index in [4.69, 9.17) is 9.15 Å². The smallest absolute Gasteiger partial charge is 0.373 e. The van der Waals surface area contributed by atoms with Crippen LogP contribution in [0, 0.1) is 0 Å². The van der Waals surface area contributed by atoms with E-state index in [0.717, 1.165) is 11.1 Å². The van der Waals surface area contributed by atoms with Gasteiger partial charge in [0.2, 0.25) is 11.7 Å². The summed E-state index contributed by atoms with van der Waals surface area (Å²) in [5.41, 5.74) is 2.56. The van der Waals surface area contributed by atoms with E-state index in [1.807, 2.05) is 44.2 Å². The van der Waals surface area contributed by atoms with Gasteiger partial charge in [-0.05, 0) is 31.5 Å². The Hall–Kier alpha value is -3.65. The van der Waals surface area contributed by atoms with Crippen LogP contribution in [-0.4, -0.2) is 25.0 Å². The summed E-state index contributed by atoms with van der Waals surface area (Å²) in [7, 11) is 1.25. The largest absolute Gasteiger partial charge is 0.463 e. The first-order chi connectivity index (χ1) is 14.9. The number of benzene rings is 1. The minimum Gasteiger partial charge on any atom is -0.463 e. The summed E-state index contributed by atoms with van der Waals surface area (Å²) in [6.45, 7) is 3.44. The first kappa shape index (κ1) is 22.0. The summed E-state index contributed by atoms with van der Waals surface area (Å²) in [6, 6.07) is 12.3. The van der Waals surface area contributed by atoms with Gasteiger partial charge in [-0.15, -0.1) is 11.3 Å². The predicted molar refractivity (Wildman–Crippen MR) is 117 cm³/mol. The molecule has 7 nitrogen and oxygen atoms in total. The van der Waals surface area contributed by atoms with Crippen molar-refractivity contribution >= 4 is 34.2 Å². The molecule has 2 aromatic heterocycles. The first-order valence-corrected chi connectivity index (χ1v) is 10.2. The number of anilines is 1. The standard InChI is InChI=1S/C23H21NO6S/c1-14(2)11-19(25)24-21-20(17(13-31-21)15-7-5-4-6-8-15)23(27)29-12-16-9-10-18(30-16)22(26)28-3/h4-11,13H,12H2,1-3H3,(H,24,25). The number of hydrogen-bond donors (Lipinski definition) is 1. The van der Waals surface area contributed by atoms with Crippen molar-refractivity contribution in [3.05, 3.63) is 76.6 Å². The maximum absolute atomic E-state index is 13.0. The fourth-order valence-electron chi connectivity index (χ4n) is 2.77. The highest BCUT2D eigenvalue weighted by molar-refractivity contribution is 7.15. The van der Waals surface area contributed by atoms with E-state index in [-0.39, 0.29) is 23.8 Å². The molecule has 31 heavy (non-hydrogen) atoms. The molecule has 0 spiro atoms. The predicted octanol–water partition coefficient (Wildman–Crippen LogP) is 5.06. The number of rotatable bonds is 7. The van der Waals surface area contributed by atoms with Gasteiger partial charge in [-0.1, -0.05) is 35.9 Å². The van der Waals surface area contributed by atoms with Crippen LogP contribution in [0.15, 0.2) is 63.9 Å². The van der Waals surface area contributed by atoms with Gasteiger partial charge in [0.15, 0.2) is 0 Å². The number of allylic oxidation sites excluding steroid dienone is 1. The average molecular weight is 439 g/mol. The number of esters is 2. The third-order valence-electron chi connectivity index (χ3n) is 4.13. The number of ether oxygens (including phenoxy) is 2. The van der Waals surface area contributed by atoms with Gasteiger partial charge >= 0.3 is 11.9 Å². The monoisotopic (exact) mass is 439 g/mol. The van der Waals surface area contributed by atoms with E-state index in [1.54, 1.807) is 5.38 Å². The summed E-state index contributed by atoms with van der Waals surface area (Å²) < 4.78 is 15.3. The molecular formula is C23H21NO6S. The third kappa shape index (κ3) is 5.49. The van der Waals surface area contributed by atoms with Gasteiger partial charge in [0.05, 0.1) is 7.11 Å². The molecule has 0 aliphatic heterocycles. The molecule has 1 amide bonds. The van der Waals surface area contributed by atoms with Crippen molar-refractivity contribution in [3.63, 3.8) is 0 Å². The molecule has 3 rings (SSSR count). The van der Waals surface area contributed by atoms with Crippen LogP contribution in [0.25, 0.3) is 11.1 Å². The lowest BCUT2D eigenvalue weighted by Gasteiger charge is -2.08. The number of hydrogen-bond acceptors (Lipinski definition) is 7. The van der Waals surface area contributed by atoms with Gasteiger partial charge in [-0.2, -0.15) is 0 Å². The van der Waals surface area contributed by atoms with Gasteiger partial charge in [0, 0.05) is 17.0 Å². The van der Waals surface area contributed by atoms with Crippen LogP contribution in [0.4, 0.5) is 5.00 Å². The quantitative estimate of drug-likeness (QED) is 0.409. The Labute approximate surface area is 183 Å². The molecule has 2 heterocycles. The van der Waals surface area contributed by atoms with Crippen molar-refractivity contribution in [1.82, 2.24) is 0 Å². The van der Waals surface area contributed by atoms with E-state index < -0.39 is 11.9 Å². The second-order valence-electron chi connectivity index (χ2n) is 6.76. The number of amides is 1. The van der Waals surface area contributed by atoms with Crippen LogP contribution in [0.2, 0.25) is 0 Å². The van der Waals surface area contributed by atoms with Crippen molar-refractivity contribution in [3.8, 4) is 11.1 Å². The molecule has 3 aromatic rings. The van der Waals surface area contributed by atoms with Crippen molar-refractivity contribution in [2.45, 2.75) is 20.5 Å². The lowest BCUT2D eigenvalue weighted by Crippen LogP contribution is -2.13. The van der Waals surface area contributed by atoms with E-state index in [1.165, 1.54) is 36.7 Å². The van der Waals surface area contributed by atoms with Crippen molar-refractivity contribution in [2.75, 3.05) is 12.4 Å². The number of carbonyl (C=O) groups excluding carboxylic acids is 3. The second kappa shape index (κ2) is 9.90. The molecule has 0 atom stereocenters. The fraction of sp³-hybridized carbons (Fsp3) is 0.174. The van der Waals surface area contributed by atoms with Gasteiger partial charge in [0.25, 0.3) is 0 Å². The third-order valence-corrected chi connectivity index (χ3v) is 5.03. The van der Waals surface area contributed by atoms with Crippen LogP contribution in [0.1, 0.15) is 40.5 Å². The molecule has 0 aliphatic carbocycles. The molecular weight excluding hydrogens is 418 g/mol. The van der Waals surface area contributed by atoms with Crippen molar-refractivity contribution < 1.29 is 28.3 Å². The summed E-state index contributed by atoms with van der Waals surface area (Å²) in [5.74, 6) is -1.26. The minimum atomic E-state index is -0.622. The maximum Gasteiger partial charge on any atom is 0.373 e. The summed E-state index contributed by atoms with van der Waals surface area (Å²) in [6.07, 6.45) is 1.45. The lowest BCUT2D eigenvalue weighted by molar-refractivity contribution is -0.111. The van der Waals surface area contributed by atoms with Crippen LogP contribution >= 0.6 is 11.3 Å². The molecule has 160 valence electrons. The molecule has 0 saturated carbocycles. The van der Waals surface area contributed by atoms with Crippen LogP contribution < -0.4 is 5.32 Å².